The van der Waals surface area contributed by atoms with Crippen LogP contribution in [0.25, 0.3) is 0 Å². The molecule has 0 saturated heterocycles. The highest BCUT2D eigenvalue weighted by molar-refractivity contribution is 9.09. The predicted molar refractivity (Wildman–Crippen MR) is 392 cm³/mol. The molecule has 103 heavy (non-hydrogen) atoms. The highest BCUT2D eigenvalue weighted by Crippen LogP contribution is 2.14. The molecule has 3 aliphatic rings. The average molecular weight is 1510 g/mol. The van der Waals surface area contributed by atoms with Crippen LogP contribution >= 0.6 is 15.9 Å². The van der Waals surface area contributed by atoms with Crippen LogP contribution in [0.5, 0.6) is 0 Å². The van der Waals surface area contributed by atoms with Crippen LogP contribution < -0.4 is 21.3 Å². The van der Waals surface area contributed by atoms with E-state index in [1.807, 2.05) is 56.0 Å². The van der Waals surface area contributed by atoms with Crippen LogP contribution in [0.4, 0.5) is 0 Å². The zero-order valence-corrected chi connectivity index (χ0v) is 64.7. The average Bonchev–Trinajstić information content (AvgIpc) is 0.870. The summed E-state index contributed by atoms with van der Waals surface area (Å²) in [4.78, 5) is 147. The fourth-order valence-corrected chi connectivity index (χ4v) is 10.5. The minimum atomic E-state index is -1.06. The van der Waals surface area contributed by atoms with Crippen molar-refractivity contribution in [1.82, 2.24) is 80.3 Å². The van der Waals surface area contributed by atoms with Gasteiger partial charge in [-0.25, -0.2) is 0 Å². The second kappa shape index (κ2) is 46.2. The molecule has 31 nitrogen and oxygen atoms in total. The van der Waals surface area contributed by atoms with E-state index >= 15 is 0 Å². The van der Waals surface area contributed by atoms with E-state index < -0.39 is 46.6 Å². The van der Waals surface area contributed by atoms with Crippen LogP contribution in [0, 0.1) is 0 Å². The Morgan fingerprint density at radius 2 is 0.641 bits per heavy atom. The Hall–Kier alpha value is -7.69. The smallest absolute Gasteiger partial charge is 0.326 e. The second-order valence-electron chi connectivity index (χ2n) is 28.5. The lowest BCUT2D eigenvalue weighted by atomic mass is 10.2. The van der Waals surface area contributed by atoms with Crippen LogP contribution in [0.1, 0.15) is 116 Å². The molecule has 3 aromatic heterocycles. The second-order valence-corrected chi connectivity index (χ2v) is 29.1. The monoisotopic (exact) mass is 1510 g/mol. The van der Waals surface area contributed by atoms with Gasteiger partial charge in [0.15, 0.2) is 0 Å². The van der Waals surface area contributed by atoms with Crippen molar-refractivity contribution in [2.24, 2.45) is 0 Å². The highest BCUT2D eigenvalue weighted by Gasteiger charge is 2.27. The van der Waals surface area contributed by atoms with Crippen LogP contribution in [-0.4, -0.2) is 310 Å². The number of alkyl halides is 1. The third kappa shape index (κ3) is 41.4. The Balaban J connectivity index is 0.000000391. The number of halogens is 1. The number of aliphatic carboxylic acids is 2. The van der Waals surface area contributed by atoms with E-state index in [1.54, 1.807) is 83.5 Å². The Kier molecular flexibility index (Phi) is 40.2. The van der Waals surface area contributed by atoms with Crippen molar-refractivity contribution >= 4 is 75.3 Å². The molecule has 6 heterocycles. The number of rotatable bonds is 19. The normalized spacial score (nSPS) is 15.5. The maximum Gasteiger partial charge on any atom is 0.326 e. The number of amides is 5. The number of ether oxygens (including phenoxy) is 3. The molecule has 0 aromatic carbocycles. The molecular weight excluding hydrogens is 1400 g/mol. The molecule has 0 radical (unpaired) electrons. The lowest BCUT2D eigenvalue weighted by Gasteiger charge is -2.28. The summed E-state index contributed by atoms with van der Waals surface area (Å²) in [6.45, 7) is 26.1. The van der Waals surface area contributed by atoms with Crippen molar-refractivity contribution < 1.29 is 72.4 Å². The maximum atomic E-state index is 12.9. The number of fused-ring (bicyclic) bond motifs is 6. The van der Waals surface area contributed by atoms with Gasteiger partial charge in [0.1, 0.15) is 49.5 Å². The number of carboxylic acids is 2. The Labute approximate surface area is 616 Å². The predicted octanol–water partition coefficient (Wildman–Crippen LogP) is 1.89. The zero-order valence-electron chi connectivity index (χ0n) is 63.1. The topological polar surface area (TPSA) is 355 Å². The molecule has 0 spiro atoms. The van der Waals surface area contributed by atoms with E-state index in [1.165, 1.54) is 57.9 Å². The molecule has 0 fully saturated rings. The molecular formula is C71H115BrN16O15. The molecule has 3 aliphatic heterocycles. The lowest BCUT2D eigenvalue weighted by Crippen LogP contribution is -2.45. The van der Waals surface area contributed by atoms with Gasteiger partial charge in [0.2, 0.25) is 29.5 Å². The summed E-state index contributed by atoms with van der Waals surface area (Å²) >= 11 is 3.02. The summed E-state index contributed by atoms with van der Waals surface area (Å²) in [5.41, 5.74) is 3.70. The third-order valence-electron chi connectivity index (χ3n) is 15.2. The SMILES string of the molecule is CN(CC(=O)O)C(=O)CN1CCNCCN(CC(=O)N(C)CC(=O)O)Cc2cccc(n2)C1.CN(CC(=O)OC(C)(C)C)C(=O)CBr.CN(CC(=O)OC(C)(C)C)C(=O)CN1CCNCCN(CC(=O)N(C)CC(=O)OC(C)(C)C)Cc2cccc(n2)C1.c1cc2nc(c1)CNCCCCCNC2. The summed E-state index contributed by atoms with van der Waals surface area (Å²) in [5.74, 6) is -4.48. The number of carboxylic acid groups (broad SMARTS) is 2. The zero-order chi connectivity index (χ0) is 76.9. The quantitative estimate of drug-likeness (QED) is 0.0567. The van der Waals surface area contributed by atoms with Crippen LogP contribution in [-0.2, 0) is 101 Å². The van der Waals surface area contributed by atoms with Gasteiger partial charge in [0.05, 0.1) is 65.7 Å². The van der Waals surface area contributed by atoms with Crippen LogP contribution in [0.2, 0.25) is 0 Å². The van der Waals surface area contributed by atoms with Crippen molar-refractivity contribution in [2.75, 3.05) is 165 Å². The summed E-state index contributed by atoms with van der Waals surface area (Å²) in [7, 11) is 7.69. The van der Waals surface area contributed by atoms with Gasteiger partial charge in [-0.2, -0.15) is 0 Å². The molecule has 6 N–H and O–H groups in total. The lowest BCUT2D eigenvalue weighted by molar-refractivity contribution is -0.158. The first kappa shape index (κ1) is 89.5. The molecule has 0 aliphatic carbocycles. The van der Waals surface area contributed by atoms with Crippen molar-refractivity contribution in [3.05, 3.63) is 88.8 Å². The number of aromatic nitrogens is 3. The number of carbonyl (C=O) groups is 10. The first-order chi connectivity index (χ1) is 48.3. The highest BCUT2D eigenvalue weighted by atomic mass is 79.9. The third-order valence-corrected chi connectivity index (χ3v) is 15.6. The first-order valence-electron chi connectivity index (χ1n) is 34.8. The van der Waals surface area contributed by atoms with Gasteiger partial charge >= 0.3 is 29.8 Å². The number of pyridine rings is 3. The number of likely N-dealkylation sites (N-methyl/N-ethyl adjacent to an activating group) is 5. The fraction of sp³-hybridized carbons (Fsp3) is 0.648. The van der Waals surface area contributed by atoms with Crippen molar-refractivity contribution in [1.29, 1.82) is 0 Å². The summed E-state index contributed by atoms with van der Waals surface area (Å²) < 4.78 is 15.7. The van der Waals surface area contributed by atoms with E-state index in [0.717, 1.165) is 60.3 Å². The van der Waals surface area contributed by atoms with Gasteiger partial charge < -0.3 is 70.2 Å². The minimum absolute atomic E-state index is 0.0122. The molecule has 6 bridgehead atoms. The summed E-state index contributed by atoms with van der Waals surface area (Å²) in [6, 6.07) is 17.6. The van der Waals surface area contributed by atoms with Gasteiger partial charge in [-0.15, -0.1) is 0 Å². The molecule has 6 rings (SSSR count). The largest absolute Gasteiger partial charge is 0.480 e. The Bertz CT molecular complexity index is 3020. The van der Waals surface area contributed by atoms with Crippen molar-refractivity contribution in [3.63, 3.8) is 0 Å². The molecule has 576 valence electrons. The molecule has 0 saturated carbocycles. The van der Waals surface area contributed by atoms with E-state index in [-0.39, 0.29) is 93.8 Å². The Morgan fingerprint density at radius 1 is 0.388 bits per heavy atom. The molecule has 3 aromatic rings. The number of nitrogens with one attached hydrogen (secondary N) is 4. The Morgan fingerprint density at radius 3 is 0.903 bits per heavy atom. The van der Waals surface area contributed by atoms with Crippen LogP contribution in [0.15, 0.2) is 54.6 Å². The molecule has 0 unspecified atom stereocenters. The van der Waals surface area contributed by atoms with E-state index in [4.69, 9.17) is 29.4 Å². The van der Waals surface area contributed by atoms with E-state index in [2.05, 4.69) is 65.4 Å². The maximum absolute atomic E-state index is 12.9. The van der Waals surface area contributed by atoms with Gasteiger partial charge in [-0.1, -0.05) is 40.5 Å². The van der Waals surface area contributed by atoms with Crippen molar-refractivity contribution in [2.45, 2.75) is 138 Å². The summed E-state index contributed by atoms with van der Waals surface area (Å²) in [5, 5.41) is 31.6. The van der Waals surface area contributed by atoms with Crippen LogP contribution in [0.3, 0.4) is 0 Å². The standard InChI is InChI=1S/C29H48N6O6.C21H32N6O6.C12H19N3.C9H16BrNO3/c1-28(2,3)40-26(38)20-32(7)24(36)18-34-14-12-30-13-15-35(17-23-11-9-10-22(16-34)31-23)19-25(37)33(8)21-27(39)41-29(4,5)6;1-24(14-20(30)31)18(28)12-26-8-6-22-7-9-27(13-19(29)25(2)15-21(32)33)11-17-5-3-4-16(10-26)23-17;1-2-7-13-9-11-5-4-6-12(15-11)10-14-8-3-1;1-9(2,3)14-8(13)6-11(4)7(12)5-10/h9-11,30H,12-21H2,1-8H3;3-5,22H,6-15H2,1-2H3,(H,30,31)(H,32,33);4-6,13-14H,1-3,7-10H2;5-6H2,1-4H3. The fourth-order valence-electron chi connectivity index (χ4n) is 10.1. The van der Waals surface area contributed by atoms with Gasteiger partial charge in [-0.3, -0.25) is 82.5 Å². The van der Waals surface area contributed by atoms with E-state index in [9.17, 15) is 47.9 Å². The number of hydrogen-bond donors (Lipinski definition) is 6. The molecule has 0 atom stereocenters. The minimum Gasteiger partial charge on any atom is -0.480 e. The molecule has 5 amide bonds. The van der Waals surface area contributed by atoms with Crippen molar-refractivity contribution in [3.8, 4) is 0 Å². The van der Waals surface area contributed by atoms with Gasteiger partial charge in [0.25, 0.3) is 0 Å². The number of nitrogens with zero attached hydrogens (tertiary/aromatic N) is 12. The van der Waals surface area contributed by atoms with Gasteiger partial charge in [0, 0.05) is 127 Å². The first-order valence-corrected chi connectivity index (χ1v) is 35.9. The van der Waals surface area contributed by atoms with Gasteiger partial charge in [-0.05, 0) is 125 Å². The van der Waals surface area contributed by atoms with E-state index in [0.29, 0.717) is 78.5 Å². The molecule has 32 heteroatoms. The number of esters is 3. The summed E-state index contributed by atoms with van der Waals surface area (Å²) in [6.07, 6.45) is 3.84. The number of carbonyl (C=O) groups excluding carboxylic acids is 8. The number of hydrogen-bond acceptors (Lipinski definition) is 24.